The molecule has 9 heteroatoms. The second-order valence-electron chi connectivity index (χ2n) is 8.01. The third kappa shape index (κ3) is 4.67. The van der Waals surface area contributed by atoms with Gasteiger partial charge in [0.25, 0.3) is 15.9 Å². The lowest BCUT2D eigenvalue weighted by Gasteiger charge is -2.23. The van der Waals surface area contributed by atoms with Crippen molar-refractivity contribution in [2.45, 2.75) is 30.6 Å². The number of Topliss-reactive ketones (excluding diaryl/α,β-unsaturated/α-hetero) is 1. The van der Waals surface area contributed by atoms with Gasteiger partial charge in [-0.15, -0.1) is 0 Å². The molecule has 3 amide bonds. The van der Waals surface area contributed by atoms with Gasteiger partial charge in [0.15, 0.2) is 5.78 Å². The molecule has 1 saturated heterocycles. The maximum absolute atomic E-state index is 13.0. The average Bonchev–Trinajstić information content (AvgIpc) is 3.05. The van der Waals surface area contributed by atoms with E-state index in [0.717, 1.165) is 18.4 Å². The molecule has 0 radical (unpaired) electrons. The quantitative estimate of drug-likeness (QED) is 0.766. The van der Waals surface area contributed by atoms with Crippen LogP contribution in [0.3, 0.4) is 0 Å². The highest BCUT2D eigenvalue weighted by Crippen LogP contribution is 2.23. The number of hydrogen-bond donors (Lipinski definition) is 1. The summed E-state index contributed by atoms with van der Waals surface area (Å²) in [7, 11) is -3.96. The van der Waals surface area contributed by atoms with E-state index in [1.807, 2.05) is 0 Å². The van der Waals surface area contributed by atoms with Crippen LogP contribution in [0.1, 0.15) is 45.5 Å². The minimum atomic E-state index is -3.96. The maximum Gasteiger partial charge on any atom is 0.331 e. The first kappa shape index (κ1) is 22.0. The van der Waals surface area contributed by atoms with E-state index in [-0.39, 0.29) is 23.1 Å². The van der Waals surface area contributed by atoms with E-state index in [4.69, 9.17) is 0 Å². The summed E-state index contributed by atoms with van der Waals surface area (Å²) in [6.45, 7) is 1.33. The second-order valence-corrected chi connectivity index (χ2v) is 9.69. The standard InChI is InChI=1S/C23H25N3O5S/c27-21-9-4-6-17-16-18(10-11-20(17)21)22(28)25-12-5-13-26(15-14-25)23(29)24-32(30,31)19-7-2-1-3-8-19/h1-3,7-8,10-11,16H,4-6,9,12-15H2,(H,24,29). The van der Waals surface area contributed by atoms with Gasteiger partial charge in [-0.2, -0.15) is 0 Å². The summed E-state index contributed by atoms with van der Waals surface area (Å²) < 4.78 is 27.0. The highest BCUT2D eigenvalue weighted by Gasteiger charge is 2.27. The van der Waals surface area contributed by atoms with Gasteiger partial charge in [0.05, 0.1) is 4.90 Å². The average molecular weight is 456 g/mol. The fourth-order valence-electron chi connectivity index (χ4n) is 4.12. The Bertz CT molecular complexity index is 1150. The summed E-state index contributed by atoms with van der Waals surface area (Å²) in [5.41, 5.74) is 2.14. The molecule has 1 aliphatic carbocycles. The minimum absolute atomic E-state index is 0.0193. The van der Waals surface area contributed by atoms with Gasteiger partial charge in [0.2, 0.25) is 0 Å². The Kier molecular flexibility index (Phi) is 6.27. The molecule has 0 unspecified atom stereocenters. The number of carbonyl (C=O) groups is 3. The molecule has 1 heterocycles. The van der Waals surface area contributed by atoms with Crippen molar-refractivity contribution < 1.29 is 22.8 Å². The fourth-order valence-corrected chi connectivity index (χ4v) is 5.12. The van der Waals surface area contributed by atoms with Crippen LogP contribution in [-0.2, 0) is 16.4 Å². The van der Waals surface area contributed by atoms with Gasteiger partial charge in [-0.1, -0.05) is 24.3 Å². The fraction of sp³-hybridized carbons (Fsp3) is 0.348. The summed E-state index contributed by atoms with van der Waals surface area (Å²) in [4.78, 5) is 40.7. The molecule has 1 fully saturated rings. The van der Waals surface area contributed by atoms with Crippen molar-refractivity contribution in [2.24, 2.45) is 0 Å². The number of urea groups is 1. The van der Waals surface area contributed by atoms with Crippen molar-refractivity contribution >= 4 is 27.7 Å². The van der Waals surface area contributed by atoms with Crippen molar-refractivity contribution in [1.29, 1.82) is 0 Å². The molecule has 0 atom stereocenters. The maximum atomic E-state index is 13.0. The highest BCUT2D eigenvalue weighted by molar-refractivity contribution is 7.90. The van der Waals surface area contributed by atoms with Crippen LogP contribution in [0.4, 0.5) is 4.79 Å². The Labute approximate surface area is 187 Å². The Balaban J connectivity index is 1.40. The molecule has 1 aliphatic heterocycles. The minimum Gasteiger partial charge on any atom is -0.337 e. The summed E-state index contributed by atoms with van der Waals surface area (Å²) in [5, 5.41) is 0. The molecular formula is C23H25N3O5S. The first-order valence-corrected chi connectivity index (χ1v) is 12.2. The molecule has 2 aromatic rings. The summed E-state index contributed by atoms with van der Waals surface area (Å²) >= 11 is 0. The Morgan fingerprint density at radius 1 is 0.844 bits per heavy atom. The van der Waals surface area contributed by atoms with Gasteiger partial charge in [-0.3, -0.25) is 9.59 Å². The highest BCUT2D eigenvalue weighted by atomic mass is 32.2. The number of fused-ring (bicyclic) bond motifs is 1. The molecule has 4 rings (SSSR count). The van der Waals surface area contributed by atoms with Gasteiger partial charge >= 0.3 is 6.03 Å². The number of carbonyl (C=O) groups excluding carboxylic acids is 3. The molecule has 0 saturated carbocycles. The molecular weight excluding hydrogens is 430 g/mol. The van der Waals surface area contributed by atoms with Crippen molar-refractivity contribution in [3.8, 4) is 0 Å². The van der Waals surface area contributed by atoms with Crippen LogP contribution in [0.2, 0.25) is 0 Å². The number of amides is 3. The molecule has 8 nitrogen and oxygen atoms in total. The largest absolute Gasteiger partial charge is 0.337 e. The molecule has 32 heavy (non-hydrogen) atoms. The van der Waals surface area contributed by atoms with E-state index < -0.39 is 16.1 Å². The van der Waals surface area contributed by atoms with Gasteiger partial charge in [0.1, 0.15) is 0 Å². The normalized spacial score (nSPS) is 16.8. The van der Waals surface area contributed by atoms with Crippen molar-refractivity contribution in [3.63, 3.8) is 0 Å². The van der Waals surface area contributed by atoms with E-state index in [1.54, 1.807) is 41.3 Å². The topological polar surface area (TPSA) is 104 Å². The summed E-state index contributed by atoms with van der Waals surface area (Å²) in [5.74, 6) is -0.0304. The van der Waals surface area contributed by atoms with E-state index in [2.05, 4.69) is 4.72 Å². The molecule has 168 valence electrons. The van der Waals surface area contributed by atoms with Crippen molar-refractivity contribution in [2.75, 3.05) is 26.2 Å². The van der Waals surface area contributed by atoms with Crippen LogP contribution < -0.4 is 4.72 Å². The number of sulfonamides is 1. The van der Waals surface area contributed by atoms with E-state index in [9.17, 15) is 22.8 Å². The molecule has 0 bridgehead atoms. The third-order valence-corrected chi connectivity index (χ3v) is 7.18. The molecule has 0 aromatic heterocycles. The Morgan fingerprint density at radius 3 is 2.34 bits per heavy atom. The predicted molar refractivity (Wildman–Crippen MR) is 118 cm³/mol. The zero-order chi connectivity index (χ0) is 22.7. The van der Waals surface area contributed by atoms with Crippen molar-refractivity contribution in [3.05, 3.63) is 65.2 Å². The van der Waals surface area contributed by atoms with Gasteiger partial charge in [0, 0.05) is 43.7 Å². The van der Waals surface area contributed by atoms with Crippen LogP contribution in [0.25, 0.3) is 0 Å². The second kappa shape index (κ2) is 9.12. The van der Waals surface area contributed by atoms with Gasteiger partial charge < -0.3 is 9.80 Å². The van der Waals surface area contributed by atoms with E-state index in [1.165, 1.54) is 17.0 Å². The molecule has 2 aliphatic rings. The van der Waals surface area contributed by atoms with E-state index in [0.29, 0.717) is 43.6 Å². The van der Waals surface area contributed by atoms with Crippen LogP contribution in [-0.4, -0.2) is 62.1 Å². The lowest BCUT2D eigenvalue weighted by molar-refractivity contribution is 0.0761. The lowest BCUT2D eigenvalue weighted by Crippen LogP contribution is -2.44. The molecule has 1 N–H and O–H groups in total. The summed E-state index contributed by atoms with van der Waals surface area (Å²) in [6, 6.07) is 12.2. The number of hydrogen-bond acceptors (Lipinski definition) is 5. The van der Waals surface area contributed by atoms with Crippen LogP contribution >= 0.6 is 0 Å². The number of rotatable bonds is 3. The molecule has 0 spiro atoms. The Hall–Kier alpha value is -3.20. The van der Waals surface area contributed by atoms with Crippen LogP contribution in [0, 0.1) is 0 Å². The van der Waals surface area contributed by atoms with E-state index >= 15 is 0 Å². The van der Waals surface area contributed by atoms with Crippen molar-refractivity contribution in [1.82, 2.24) is 14.5 Å². The SMILES string of the molecule is O=C1CCCc2cc(C(=O)N3CCCN(C(=O)NS(=O)(=O)c4ccccc4)CC3)ccc21. The number of ketones is 1. The molecule has 2 aromatic carbocycles. The zero-order valence-electron chi connectivity index (χ0n) is 17.6. The Morgan fingerprint density at radius 2 is 1.56 bits per heavy atom. The van der Waals surface area contributed by atoms with Crippen LogP contribution in [0.5, 0.6) is 0 Å². The first-order valence-electron chi connectivity index (χ1n) is 10.7. The summed E-state index contributed by atoms with van der Waals surface area (Å²) in [6.07, 6.45) is 2.66. The first-order chi connectivity index (χ1) is 15.3. The predicted octanol–water partition coefficient (Wildman–Crippen LogP) is 2.45. The number of nitrogens with zero attached hydrogens (tertiary/aromatic N) is 2. The third-order valence-electron chi connectivity index (χ3n) is 5.85. The number of benzene rings is 2. The smallest absolute Gasteiger partial charge is 0.331 e. The lowest BCUT2D eigenvalue weighted by atomic mass is 9.89. The van der Waals surface area contributed by atoms with Gasteiger partial charge in [-0.25, -0.2) is 17.9 Å². The monoisotopic (exact) mass is 455 g/mol. The zero-order valence-corrected chi connectivity index (χ0v) is 18.4. The van der Waals surface area contributed by atoms with Crippen LogP contribution in [0.15, 0.2) is 53.4 Å². The number of nitrogens with one attached hydrogen (secondary N) is 1. The number of aryl methyl sites for hydroxylation is 1. The van der Waals surface area contributed by atoms with Gasteiger partial charge in [-0.05, 0) is 49.1 Å².